The summed E-state index contributed by atoms with van der Waals surface area (Å²) in [5.74, 6) is 0. The van der Waals surface area contributed by atoms with Crippen LogP contribution in [0.1, 0.15) is 12.8 Å². The van der Waals surface area contributed by atoms with Gasteiger partial charge in [0.1, 0.15) is 4.90 Å². The molecule has 1 fully saturated rings. The van der Waals surface area contributed by atoms with E-state index < -0.39 is 10.0 Å². The van der Waals surface area contributed by atoms with Crippen LogP contribution < -0.4 is 4.72 Å². The fraction of sp³-hybridized carbons (Fsp3) is 0.625. The van der Waals surface area contributed by atoms with Crippen molar-refractivity contribution >= 4 is 10.0 Å². The Morgan fingerprint density at radius 3 is 2.73 bits per heavy atom. The molecular weight excluding hydrogens is 218 g/mol. The average molecular weight is 231 g/mol. The molecule has 1 aromatic heterocycles. The van der Waals surface area contributed by atoms with Crippen molar-refractivity contribution in [3.8, 4) is 0 Å². The zero-order valence-electron chi connectivity index (χ0n) is 8.29. The van der Waals surface area contributed by atoms with Gasteiger partial charge < -0.3 is 5.11 Å². The molecule has 84 valence electrons. The Morgan fingerprint density at radius 2 is 2.27 bits per heavy atom. The molecular formula is C8H13N3O3S. The third-order valence-electron chi connectivity index (χ3n) is 2.43. The molecule has 0 aliphatic heterocycles. The number of aromatic nitrogens is 2. The number of nitrogens with one attached hydrogen (secondary N) is 1. The van der Waals surface area contributed by atoms with E-state index in [1.54, 1.807) is 7.05 Å². The van der Waals surface area contributed by atoms with Crippen LogP contribution in [-0.2, 0) is 17.1 Å². The van der Waals surface area contributed by atoms with Crippen LogP contribution >= 0.6 is 0 Å². The van der Waals surface area contributed by atoms with Gasteiger partial charge in [0.25, 0.3) is 0 Å². The fourth-order valence-electron chi connectivity index (χ4n) is 1.51. The second kappa shape index (κ2) is 3.58. The molecule has 0 unspecified atom stereocenters. The molecule has 1 aromatic rings. The van der Waals surface area contributed by atoms with E-state index in [4.69, 9.17) is 5.11 Å². The Balaban J connectivity index is 2.07. The lowest BCUT2D eigenvalue weighted by Crippen LogP contribution is -2.46. The topological polar surface area (TPSA) is 84.2 Å². The number of hydrogen-bond acceptors (Lipinski definition) is 4. The summed E-state index contributed by atoms with van der Waals surface area (Å²) in [5.41, 5.74) is 0. The van der Waals surface area contributed by atoms with Crippen LogP contribution in [0.5, 0.6) is 0 Å². The van der Waals surface area contributed by atoms with E-state index in [1.165, 1.54) is 17.1 Å². The van der Waals surface area contributed by atoms with Gasteiger partial charge in [-0.3, -0.25) is 4.68 Å². The second-order valence-corrected chi connectivity index (χ2v) is 5.51. The molecule has 1 heterocycles. The van der Waals surface area contributed by atoms with Crippen LogP contribution in [0.2, 0.25) is 0 Å². The minimum absolute atomic E-state index is 0.148. The predicted octanol–water partition coefficient (Wildman–Crippen LogP) is -0.778. The average Bonchev–Trinajstić information content (AvgIpc) is 2.49. The molecule has 15 heavy (non-hydrogen) atoms. The van der Waals surface area contributed by atoms with Gasteiger partial charge in [-0.25, -0.2) is 13.1 Å². The van der Waals surface area contributed by atoms with Gasteiger partial charge in [0.05, 0.1) is 12.3 Å². The maximum atomic E-state index is 11.7. The van der Waals surface area contributed by atoms with Gasteiger partial charge in [-0.2, -0.15) is 5.10 Å². The van der Waals surface area contributed by atoms with Crippen molar-refractivity contribution in [3.05, 3.63) is 12.4 Å². The summed E-state index contributed by atoms with van der Waals surface area (Å²) in [7, 11) is -1.81. The SMILES string of the molecule is Cn1cc(S(=O)(=O)NC2CC(O)C2)cn1. The lowest BCUT2D eigenvalue weighted by Gasteiger charge is -2.31. The van der Waals surface area contributed by atoms with Crippen LogP contribution in [0.15, 0.2) is 17.3 Å². The minimum Gasteiger partial charge on any atom is -0.393 e. The first-order valence-electron chi connectivity index (χ1n) is 4.66. The van der Waals surface area contributed by atoms with Gasteiger partial charge in [-0.15, -0.1) is 0 Å². The first kappa shape index (κ1) is 10.6. The summed E-state index contributed by atoms with van der Waals surface area (Å²) >= 11 is 0. The molecule has 0 radical (unpaired) electrons. The number of hydrogen-bond donors (Lipinski definition) is 2. The van der Waals surface area contributed by atoms with Crippen molar-refractivity contribution in [1.82, 2.24) is 14.5 Å². The zero-order chi connectivity index (χ0) is 11.1. The van der Waals surface area contributed by atoms with Crippen molar-refractivity contribution in [2.75, 3.05) is 0 Å². The first-order chi connectivity index (χ1) is 6.97. The van der Waals surface area contributed by atoms with Crippen LogP contribution in [0.4, 0.5) is 0 Å². The molecule has 1 aliphatic rings. The smallest absolute Gasteiger partial charge is 0.243 e. The highest BCUT2D eigenvalue weighted by atomic mass is 32.2. The Labute approximate surface area is 88.0 Å². The first-order valence-corrected chi connectivity index (χ1v) is 6.15. The molecule has 2 rings (SSSR count). The minimum atomic E-state index is -3.47. The number of nitrogens with zero attached hydrogens (tertiary/aromatic N) is 2. The Hall–Kier alpha value is -0.920. The lowest BCUT2D eigenvalue weighted by atomic mass is 9.91. The van der Waals surface area contributed by atoms with Crippen molar-refractivity contribution in [1.29, 1.82) is 0 Å². The molecule has 0 spiro atoms. The molecule has 0 atom stereocenters. The van der Waals surface area contributed by atoms with Crippen molar-refractivity contribution in [2.45, 2.75) is 29.9 Å². The number of aliphatic hydroxyl groups excluding tert-OH is 1. The van der Waals surface area contributed by atoms with Gasteiger partial charge in [0.15, 0.2) is 0 Å². The molecule has 0 saturated heterocycles. The van der Waals surface area contributed by atoms with Crippen LogP contribution in [0.25, 0.3) is 0 Å². The molecule has 1 saturated carbocycles. The van der Waals surface area contributed by atoms with Crippen molar-refractivity contribution in [3.63, 3.8) is 0 Å². The van der Waals surface area contributed by atoms with Crippen LogP contribution in [0.3, 0.4) is 0 Å². The van der Waals surface area contributed by atoms with Gasteiger partial charge in [-0.1, -0.05) is 0 Å². The molecule has 7 heteroatoms. The van der Waals surface area contributed by atoms with E-state index in [0.717, 1.165) is 0 Å². The fourth-order valence-corrected chi connectivity index (χ4v) is 2.75. The zero-order valence-corrected chi connectivity index (χ0v) is 9.11. The quantitative estimate of drug-likeness (QED) is 0.715. The maximum Gasteiger partial charge on any atom is 0.243 e. The largest absolute Gasteiger partial charge is 0.393 e. The molecule has 0 aromatic carbocycles. The van der Waals surface area contributed by atoms with E-state index in [9.17, 15) is 8.42 Å². The highest BCUT2D eigenvalue weighted by Gasteiger charge is 2.31. The Bertz CT molecular complexity index is 447. The Morgan fingerprint density at radius 1 is 1.60 bits per heavy atom. The molecule has 0 amide bonds. The molecule has 6 nitrogen and oxygen atoms in total. The van der Waals surface area contributed by atoms with E-state index in [-0.39, 0.29) is 17.0 Å². The summed E-state index contributed by atoms with van der Waals surface area (Å²) < 4.78 is 27.4. The highest BCUT2D eigenvalue weighted by molar-refractivity contribution is 7.89. The predicted molar refractivity (Wildman–Crippen MR) is 52.6 cm³/mol. The van der Waals surface area contributed by atoms with Gasteiger partial charge in [-0.05, 0) is 12.8 Å². The highest BCUT2D eigenvalue weighted by Crippen LogP contribution is 2.21. The van der Waals surface area contributed by atoms with Crippen molar-refractivity contribution in [2.24, 2.45) is 7.05 Å². The number of sulfonamides is 1. The number of aryl methyl sites for hydroxylation is 1. The maximum absolute atomic E-state index is 11.7. The van der Waals surface area contributed by atoms with E-state index in [2.05, 4.69) is 9.82 Å². The van der Waals surface area contributed by atoms with Crippen molar-refractivity contribution < 1.29 is 13.5 Å². The summed E-state index contributed by atoms with van der Waals surface area (Å²) in [6.45, 7) is 0. The van der Waals surface area contributed by atoms with Gasteiger partial charge in [0, 0.05) is 19.3 Å². The normalized spacial score (nSPS) is 26.3. The summed E-state index contributed by atoms with van der Waals surface area (Å²) in [6.07, 6.45) is 3.35. The van der Waals surface area contributed by atoms with E-state index >= 15 is 0 Å². The lowest BCUT2D eigenvalue weighted by molar-refractivity contribution is 0.0712. The van der Waals surface area contributed by atoms with Gasteiger partial charge in [0.2, 0.25) is 10.0 Å². The summed E-state index contributed by atoms with van der Waals surface area (Å²) in [6, 6.07) is -0.148. The van der Waals surface area contributed by atoms with E-state index in [1.807, 2.05) is 0 Å². The monoisotopic (exact) mass is 231 g/mol. The van der Waals surface area contributed by atoms with E-state index in [0.29, 0.717) is 12.8 Å². The molecule has 1 aliphatic carbocycles. The van der Waals surface area contributed by atoms with Crippen LogP contribution in [0, 0.1) is 0 Å². The van der Waals surface area contributed by atoms with Crippen LogP contribution in [-0.4, -0.2) is 35.5 Å². The second-order valence-electron chi connectivity index (χ2n) is 3.79. The molecule has 0 bridgehead atoms. The third kappa shape index (κ3) is 2.19. The summed E-state index contributed by atoms with van der Waals surface area (Å²) in [4.78, 5) is 0.159. The third-order valence-corrected chi connectivity index (χ3v) is 3.90. The standard InChI is InChI=1S/C8H13N3O3S/c1-11-5-8(4-9-11)15(13,14)10-6-2-7(12)3-6/h4-7,10,12H,2-3H2,1H3. The Kier molecular flexibility index (Phi) is 2.53. The number of rotatable bonds is 3. The summed E-state index contributed by atoms with van der Waals surface area (Å²) in [5, 5.41) is 12.8. The number of aliphatic hydroxyl groups is 1. The van der Waals surface area contributed by atoms with Gasteiger partial charge >= 0.3 is 0 Å². The molecule has 2 N–H and O–H groups in total.